The van der Waals surface area contributed by atoms with Gasteiger partial charge in [0.1, 0.15) is 12.1 Å². The van der Waals surface area contributed by atoms with Crippen molar-refractivity contribution in [3.63, 3.8) is 0 Å². The van der Waals surface area contributed by atoms with Crippen molar-refractivity contribution in [1.82, 2.24) is 0 Å². The van der Waals surface area contributed by atoms with Crippen molar-refractivity contribution in [3.05, 3.63) is 11.6 Å². The standard InChI is InChI=1S/C30H46O3/c1-19(17-31)20-9-14-30(18-32)16-15-28(5)21(25(20)30)7-8-23-27(4)12-11-24(33)26(2,3)22(27)10-13-29(23,28)6/h9,17,19,21-23,25,32H,7-8,10-16,18H2,1-6H3/t19?,21?,22-,23+,25+,27-,28+,29+,30+/m0/s1. The maximum Gasteiger partial charge on any atom is 0.138 e. The first kappa shape index (κ1) is 23.8. The summed E-state index contributed by atoms with van der Waals surface area (Å²) in [5.74, 6) is 2.44. The van der Waals surface area contributed by atoms with Crippen LogP contribution in [0.15, 0.2) is 11.6 Å². The molecule has 5 aliphatic rings. The summed E-state index contributed by atoms with van der Waals surface area (Å²) in [6, 6.07) is 0. The van der Waals surface area contributed by atoms with Crippen LogP contribution in [0.1, 0.15) is 99.3 Å². The van der Waals surface area contributed by atoms with Crippen LogP contribution < -0.4 is 0 Å². The maximum absolute atomic E-state index is 12.9. The number of fused-ring (bicyclic) bond motifs is 7. The Balaban J connectivity index is 1.56. The fourth-order valence-electron chi connectivity index (χ4n) is 10.9. The summed E-state index contributed by atoms with van der Waals surface area (Å²) in [5.41, 5.74) is 1.75. The first-order valence-corrected chi connectivity index (χ1v) is 13.7. The Labute approximate surface area is 201 Å². The number of Topliss-reactive ketones (excluding diaryl/α,β-unsaturated/α-hetero) is 1. The number of aldehydes is 1. The van der Waals surface area contributed by atoms with Gasteiger partial charge in [-0.15, -0.1) is 0 Å². The van der Waals surface area contributed by atoms with Gasteiger partial charge in [0.2, 0.25) is 0 Å². The van der Waals surface area contributed by atoms with Crippen LogP contribution in [0.2, 0.25) is 0 Å². The minimum Gasteiger partial charge on any atom is -0.396 e. The van der Waals surface area contributed by atoms with Gasteiger partial charge in [-0.05, 0) is 91.3 Å². The molecule has 0 radical (unpaired) electrons. The zero-order chi connectivity index (χ0) is 24.0. The lowest BCUT2D eigenvalue weighted by molar-refractivity contribution is -0.231. The zero-order valence-electron chi connectivity index (χ0n) is 21.9. The molecule has 0 aromatic rings. The molecule has 184 valence electrons. The van der Waals surface area contributed by atoms with Gasteiger partial charge in [-0.25, -0.2) is 0 Å². The van der Waals surface area contributed by atoms with Crippen molar-refractivity contribution >= 4 is 12.1 Å². The number of hydrogen-bond acceptors (Lipinski definition) is 3. The predicted molar refractivity (Wildman–Crippen MR) is 131 cm³/mol. The third-order valence-corrected chi connectivity index (χ3v) is 13.0. The van der Waals surface area contributed by atoms with E-state index in [1.165, 1.54) is 31.3 Å². The van der Waals surface area contributed by atoms with E-state index in [0.29, 0.717) is 29.5 Å². The van der Waals surface area contributed by atoms with Gasteiger partial charge >= 0.3 is 0 Å². The Morgan fingerprint density at radius 3 is 2.39 bits per heavy atom. The van der Waals surface area contributed by atoms with Gasteiger partial charge in [-0.1, -0.05) is 53.2 Å². The second kappa shape index (κ2) is 7.28. The number of aliphatic hydroxyl groups excluding tert-OH is 1. The summed E-state index contributed by atoms with van der Waals surface area (Å²) in [7, 11) is 0. The summed E-state index contributed by atoms with van der Waals surface area (Å²) in [5, 5.41) is 10.6. The van der Waals surface area contributed by atoms with Crippen molar-refractivity contribution in [3.8, 4) is 0 Å². The van der Waals surface area contributed by atoms with Crippen LogP contribution in [0.3, 0.4) is 0 Å². The highest BCUT2D eigenvalue weighted by Gasteiger charge is 2.70. The highest BCUT2D eigenvalue weighted by atomic mass is 16.3. The second-order valence-electron chi connectivity index (χ2n) is 14.1. The number of hydrogen-bond donors (Lipinski definition) is 1. The third-order valence-electron chi connectivity index (χ3n) is 13.0. The Hall–Kier alpha value is -0.960. The fraction of sp³-hybridized carbons (Fsp3) is 0.867. The van der Waals surface area contributed by atoms with Crippen LogP contribution >= 0.6 is 0 Å². The van der Waals surface area contributed by atoms with E-state index < -0.39 is 0 Å². The number of carbonyl (C=O) groups excluding carboxylic acids is 2. The van der Waals surface area contributed by atoms with Crippen molar-refractivity contribution < 1.29 is 14.7 Å². The SMILES string of the molecule is CC(C=O)C1=CC[C@]2(CO)CC[C@]3(C)C(CC[C@@H]4[C@@]5(C)CCC(=O)C(C)(C)[C@@H]5CC[C@]43C)[C@@H]12. The van der Waals surface area contributed by atoms with E-state index in [-0.39, 0.29) is 39.6 Å². The zero-order valence-corrected chi connectivity index (χ0v) is 21.9. The average Bonchev–Trinajstić information content (AvgIpc) is 3.17. The normalized spacial score (nSPS) is 51.5. The molecule has 0 amide bonds. The Bertz CT molecular complexity index is 887. The lowest BCUT2D eigenvalue weighted by Gasteiger charge is -2.72. The molecule has 0 aromatic heterocycles. The van der Waals surface area contributed by atoms with Gasteiger partial charge in [-0.2, -0.15) is 0 Å². The van der Waals surface area contributed by atoms with E-state index in [4.69, 9.17) is 0 Å². The molecule has 3 nitrogen and oxygen atoms in total. The molecule has 1 N–H and O–H groups in total. The molecule has 0 heterocycles. The van der Waals surface area contributed by atoms with Gasteiger partial charge in [0.25, 0.3) is 0 Å². The summed E-state index contributed by atoms with van der Waals surface area (Å²) >= 11 is 0. The molecule has 2 unspecified atom stereocenters. The van der Waals surface area contributed by atoms with Crippen LogP contribution in [-0.2, 0) is 9.59 Å². The van der Waals surface area contributed by atoms with E-state index in [0.717, 1.165) is 38.4 Å². The van der Waals surface area contributed by atoms with E-state index >= 15 is 0 Å². The molecule has 0 spiro atoms. The molecular weight excluding hydrogens is 408 g/mol. The van der Waals surface area contributed by atoms with Crippen LogP contribution in [0.4, 0.5) is 0 Å². The molecule has 0 aromatic carbocycles. The summed E-state index contributed by atoms with van der Waals surface area (Å²) < 4.78 is 0. The molecule has 33 heavy (non-hydrogen) atoms. The molecule has 5 rings (SSSR count). The first-order valence-electron chi connectivity index (χ1n) is 13.7. The predicted octanol–water partition coefficient (Wildman–Crippen LogP) is 6.38. The molecule has 5 aliphatic carbocycles. The highest BCUT2D eigenvalue weighted by Crippen LogP contribution is 2.76. The first-order chi connectivity index (χ1) is 15.4. The number of ketones is 1. The Morgan fingerprint density at radius 1 is 1.00 bits per heavy atom. The van der Waals surface area contributed by atoms with Gasteiger partial charge < -0.3 is 9.90 Å². The smallest absolute Gasteiger partial charge is 0.138 e. The van der Waals surface area contributed by atoms with E-state index in [2.05, 4.69) is 47.6 Å². The topological polar surface area (TPSA) is 54.4 Å². The van der Waals surface area contributed by atoms with E-state index in [1.807, 2.05) is 0 Å². The maximum atomic E-state index is 12.9. The summed E-state index contributed by atoms with van der Waals surface area (Å²) in [4.78, 5) is 24.8. The number of allylic oxidation sites excluding steroid dienone is 2. The fourth-order valence-corrected chi connectivity index (χ4v) is 10.9. The second-order valence-corrected chi connectivity index (χ2v) is 14.1. The van der Waals surface area contributed by atoms with Gasteiger partial charge in [0.05, 0.1) is 0 Å². The van der Waals surface area contributed by atoms with Crippen molar-refractivity contribution in [2.24, 2.45) is 56.7 Å². The minimum atomic E-state index is -0.203. The third kappa shape index (κ3) is 2.78. The molecule has 9 atom stereocenters. The number of carbonyl (C=O) groups is 2. The lowest BCUT2D eigenvalue weighted by Crippen LogP contribution is -2.66. The van der Waals surface area contributed by atoms with Gasteiger partial charge in [-0.3, -0.25) is 4.79 Å². The van der Waals surface area contributed by atoms with E-state index in [1.54, 1.807) is 0 Å². The van der Waals surface area contributed by atoms with Crippen LogP contribution in [0.25, 0.3) is 0 Å². The lowest BCUT2D eigenvalue weighted by atomic mass is 9.32. The molecule has 0 bridgehead atoms. The Morgan fingerprint density at radius 2 is 1.73 bits per heavy atom. The van der Waals surface area contributed by atoms with Gasteiger partial charge in [0.15, 0.2) is 0 Å². The molecule has 0 saturated heterocycles. The number of rotatable bonds is 3. The molecule has 3 heteroatoms. The monoisotopic (exact) mass is 454 g/mol. The highest BCUT2D eigenvalue weighted by molar-refractivity contribution is 5.85. The quantitative estimate of drug-likeness (QED) is 0.397. The van der Waals surface area contributed by atoms with Crippen molar-refractivity contribution in [2.75, 3.05) is 6.61 Å². The Kier molecular flexibility index (Phi) is 5.24. The molecular formula is C30H46O3. The van der Waals surface area contributed by atoms with Gasteiger partial charge in [0, 0.05) is 29.8 Å². The number of aliphatic hydroxyl groups is 1. The van der Waals surface area contributed by atoms with E-state index in [9.17, 15) is 14.7 Å². The van der Waals surface area contributed by atoms with Crippen molar-refractivity contribution in [2.45, 2.75) is 99.3 Å². The summed E-state index contributed by atoms with van der Waals surface area (Å²) in [6.45, 7) is 14.5. The summed E-state index contributed by atoms with van der Waals surface area (Å²) in [6.07, 6.45) is 13.2. The molecule has 0 aliphatic heterocycles. The largest absolute Gasteiger partial charge is 0.396 e. The van der Waals surface area contributed by atoms with Crippen LogP contribution in [0, 0.1) is 56.7 Å². The van der Waals surface area contributed by atoms with Crippen molar-refractivity contribution in [1.29, 1.82) is 0 Å². The van der Waals surface area contributed by atoms with Crippen LogP contribution in [0.5, 0.6) is 0 Å². The average molecular weight is 455 g/mol. The molecule has 4 saturated carbocycles. The minimum absolute atomic E-state index is 0.0466. The molecule has 4 fully saturated rings. The van der Waals surface area contributed by atoms with Crippen LogP contribution in [-0.4, -0.2) is 23.8 Å².